The van der Waals surface area contributed by atoms with Gasteiger partial charge in [0.15, 0.2) is 5.60 Å². The summed E-state index contributed by atoms with van der Waals surface area (Å²) in [6, 6.07) is 16.2. The number of hydrogen-bond acceptors (Lipinski definition) is 5. The van der Waals surface area contributed by atoms with E-state index in [1.165, 1.54) is 0 Å². The van der Waals surface area contributed by atoms with Crippen molar-refractivity contribution in [1.82, 2.24) is 10.2 Å². The van der Waals surface area contributed by atoms with Gasteiger partial charge in [0.2, 0.25) is 0 Å². The van der Waals surface area contributed by atoms with Gasteiger partial charge in [-0.2, -0.15) is 0 Å². The van der Waals surface area contributed by atoms with Gasteiger partial charge in [-0.3, -0.25) is 19.8 Å². The highest BCUT2D eigenvalue weighted by Crippen LogP contribution is 2.47. The van der Waals surface area contributed by atoms with Crippen LogP contribution < -0.4 is 5.32 Å². The summed E-state index contributed by atoms with van der Waals surface area (Å²) in [7, 11) is 0. The summed E-state index contributed by atoms with van der Waals surface area (Å²) in [6.07, 6.45) is 3.86. The Bertz CT molecular complexity index is 978. The molecule has 0 bridgehead atoms. The predicted molar refractivity (Wildman–Crippen MR) is 120 cm³/mol. The molecule has 1 heterocycles. The van der Waals surface area contributed by atoms with Gasteiger partial charge in [0.05, 0.1) is 4.92 Å². The molecule has 1 saturated heterocycles. The van der Waals surface area contributed by atoms with E-state index in [0.29, 0.717) is 17.4 Å². The number of carbonyl (C=O) groups is 1. The number of piperidine rings is 1. The lowest BCUT2D eigenvalue weighted by Gasteiger charge is -2.33. The van der Waals surface area contributed by atoms with Gasteiger partial charge in [-0.05, 0) is 35.8 Å². The predicted octanol–water partition coefficient (Wildman–Crippen LogP) is 3.22. The number of nitro benzene ring substituents is 1. The lowest BCUT2D eigenvalue weighted by molar-refractivity contribution is -0.384. The first kappa shape index (κ1) is 21.1. The van der Waals surface area contributed by atoms with Crippen LogP contribution in [0.25, 0.3) is 0 Å². The van der Waals surface area contributed by atoms with Crippen LogP contribution >= 0.6 is 0 Å². The fraction of sp³-hybridized carbons (Fsp3) is 0.480. The molecule has 32 heavy (non-hydrogen) atoms. The number of amides is 1. The van der Waals surface area contributed by atoms with Crippen molar-refractivity contribution in [3.05, 3.63) is 75.8 Å². The fourth-order valence-corrected chi connectivity index (χ4v) is 5.79. The van der Waals surface area contributed by atoms with Gasteiger partial charge in [-0.25, -0.2) is 0 Å². The minimum atomic E-state index is -1.47. The molecular weight excluding hydrogens is 406 g/mol. The number of nitrogens with one attached hydrogen (secondary N) is 1. The van der Waals surface area contributed by atoms with Crippen LogP contribution in [0.3, 0.4) is 0 Å². The van der Waals surface area contributed by atoms with Gasteiger partial charge in [-0.15, -0.1) is 0 Å². The third-order valence-corrected chi connectivity index (χ3v) is 7.63. The van der Waals surface area contributed by atoms with Crippen LogP contribution in [0.5, 0.6) is 0 Å². The van der Waals surface area contributed by atoms with E-state index >= 15 is 0 Å². The molecule has 2 saturated carbocycles. The normalized spacial score (nSPS) is 27.0. The van der Waals surface area contributed by atoms with Gasteiger partial charge in [0.1, 0.15) is 0 Å². The van der Waals surface area contributed by atoms with Crippen LogP contribution in [0.2, 0.25) is 0 Å². The number of nitrogens with zero attached hydrogens (tertiary/aromatic N) is 2. The standard InChI is InChI=1S/C25H29N3O4/c29-24(25(30,19-8-4-5-9-19)18-6-2-1-3-7-18)26-23-21-15-27(16-22(21)23)14-17-10-12-20(13-11-17)28(31)32/h1-3,6-7,10-13,19,21-23,30H,4-5,8-9,14-16H2,(H,26,29)/t21-,22+,23?,25?. The zero-order chi connectivity index (χ0) is 22.3. The Morgan fingerprint density at radius 3 is 2.28 bits per heavy atom. The van der Waals surface area contributed by atoms with E-state index in [4.69, 9.17) is 0 Å². The number of fused-ring (bicyclic) bond motifs is 1. The molecule has 5 rings (SSSR count). The summed E-state index contributed by atoms with van der Waals surface area (Å²) in [4.78, 5) is 26.1. The van der Waals surface area contributed by atoms with Crippen molar-refractivity contribution < 1.29 is 14.8 Å². The van der Waals surface area contributed by atoms with Crippen molar-refractivity contribution in [2.45, 2.75) is 43.9 Å². The van der Waals surface area contributed by atoms with Crippen LogP contribution in [0.1, 0.15) is 36.8 Å². The molecule has 2 aromatic rings. The highest BCUT2D eigenvalue weighted by atomic mass is 16.6. The van der Waals surface area contributed by atoms with Crippen LogP contribution in [0.4, 0.5) is 5.69 Å². The van der Waals surface area contributed by atoms with Gasteiger partial charge in [-0.1, -0.05) is 55.3 Å². The number of hydrogen-bond donors (Lipinski definition) is 2. The van der Waals surface area contributed by atoms with Gasteiger partial charge in [0.25, 0.3) is 11.6 Å². The molecule has 7 heteroatoms. The highest BCUT2D eigenvalue weighted by Gasteiger charge is 2.58. The zero-order valence-electron chi connectivity index (χ0n) is 18.0. The number of non-ortho nitro benzene ring substituents is 1. The van der Waals surface area contributed by atoms with Crippen molar-refractivity contribution >= 4 is 11.6 Å². The molecule has 1 amide bonds. The van der Waals surface area contributed by atoms with E-state index in [0.717, 1.165) is 50.9 Å². The molecule has 1 aliphatic heterocycles. The summed E-state index contributed by atoms with van der Waals surface area (Å²) in [5.41, 5.74) is 0.383. The van der Waals surface area contributed by atoms with Crippen LogP contribution in [0.15, 0.2) is 54.6 Å². The smallest absolute Gasteiger partial charge is 0.269 e. The quantitative estimate of drug-likeness (QED) is 0.514. The Labute approximate surface area is 187 Å². The van der Waals surface area contributed by atoms with E-state index in [-0.39, 0.29) is 28.5 Å². The molecular formula is C25H29N3O4. The van der Waals surface area contributed by atoms with Crippen molar-refractivity contribution in [2.24, 2.45) is 17.8 Å². The fourth-order valence-electron chi connectivity index (χ4n) is 5.79. The van der Waals surface area contributed by atoms with Gasteiger partial charge in [0, 0.05) is 43.7 Å². The lowest BCUT2D eigenvalue weighted by atomic mass is 9.79. The summed E-state index contributed by atoms with van der Waals surface area (Å²) in [6.45, 7) is 2.53. The molecule has 3 fully saturated rings. The van der Waals surface area contributed by atoms with E-state index in [1.807, 2.05) is 42.5 Å². The number of aliphatic hydroxyl groups is 1. The second-order valence-corrected chi connectivity index (χ2v) is 9.56. The summed E-state index contributed by atoms with van der Waals surface area (Å²) >= 11 is 0. The third kappa shape index (κ3) is 3.80. The first-order valence-electron chi connectivity index (χ1n) is 11.5. The van der Waals surface area contributed by atoms with Crippen molar-refractivity contribution in [3.63, 3.8) is 0 Å². The van der Waals surface area contributed by atoms with E-state index < -0.39 is 5.60 Å². The molecule has 2 unspecified atom stereocenters. The molecule has 7 nitrogen and oxygen atoms in total. The Hall–Kier alpha value is -2.77. The van der Waals surface area contributed by atoms with Crippen LogP contribution in [-0.4, -0.2) is 40.0 Å². The molecule has 0 radical (unpaired) electrons. The first-order chi connectivity index (χ1) is 15.5. The molecule has 2 aliphatic carbocycles. The lowest BCUT2D eigenvalue weighted by Crippen LogP contribution is -2.50. The summed E-state index contributed by atoms with van der Waals surface area (Å²) < 4.78 is 0. The van der Waals surface area contributed by atoms with Crippen molar-refractivity contribution in [2.75, 3.05) is 13.1 Å². The minimum absolute atomic E-state index is 0.0397. The Morgan fingerprint density at radius 1 is 1.06 bits per heavy atom. The topological polar surface area (TPSA) is 95.7 Å². The number of carbonyl (C=O) groups excluding carboxylic acids is 1. The SMILES string of the molecule is O=C(NC1[C@H]2CN(Cc3ccc([N+](=O)[O-])cc3)C[C@@H]12)C(O)(c1ccccc1)C1CCCC1. The largest absolute Gasteiger partial charge is 0.375 e. The third-order valence-electron chi connectivity index (χ3n) is 7.63. The molecule has 2 N–H and O–H groups in total. The Balaban J connectivity index is 1.20. The number of benzene rings is 2. The number of rotatable bonds is 7. The van der Waals surface area contributed by atoms with Crippen LogP contribution in [0, 0.1) is 27.9 Å². The van der Waals surface area contributed by atoms with Crippen molar-refractivity contribution in [3.8, 4) is 0 Å². The van der Waals surface area contributed by atoms with E-state index in [9.17, 15) is 20.0 Å². The first-order valence-corrected chi connectivity index (χ1v) is 11.5. The average Bonchev–Trinajstić information content (AvgIpc) is 3.22. The van der Waals surface area contributed by atoms with E-state index in [1.54, 1.807) is 12.1 Å². The average molecular weight is 436 g/mol. The second kappa shape index (κ2) is 8.30. The van der Waals surface area contributed by atoms with E-state index in [2.05, 4.69) is 10.2 Å². The second-order valence-electron chi connectivity index (χ2n) is 9.56. The number of nitro groups is 1. The van der Waals surface area contributed by atoms with Gasteiger partial charge < -0.3 is 10.4 Å². The molecule has 2 aromatic carbocycles. The molecule has 168 valence electrons. The molecule has 3 aliphatic rings. The monoisotopic (exact) mass is 435 g/mol. The van der Waals surface area contributed by atoms with Gasteiger partial charge >= 0.3 is 0 Å². The van der Waals surface area contributed by atoms with Crippen molar-refractivity contribution in [1.29, 1.82) is 0 Å². The van der Waals surface area contributed by atoms with Crippen LogP contribution in [-0.2, 0) is 16.9 Å². The Morgan fingerprint density at radius 2 is 1.69 bits per heavy atom. The Kier molecular flexibility index (Phi) is 5.47. The maximum absolute atomic E-state index is 13.4. The molecule has 4 atom stereocenters. The minimum Gasteiger partial charge on any atom is -0.375 e. The summed E-state index contributed by atoms with van der Waals surface area (Å²) in [5, 5.41) is 25.6. The maximum atomic E-state index is 13.4. The maximum Gasteiger partial charge on any atom is 0.269 e. The highest BCUT2D eigenvalue weighted by molar-refractivity contribution is 5.87. The number of likely N-dealkylation sites (tertiary alicyclic amines) is 1. The summed E-state index contributed by atoms with van der Waals surface area (Å²) in [5.74, 6) is 0.514. The molecule has 0 spiro atoms. The molecule has 0 aromatic heterocycles. The zero-order valence-corrected chi connectivity index (χ0v) is 18.0.